The van der Waals surface area contributed by atoms with E-state index in [0.717, 1.165) is 44.3 Å². The first-order valence-electron chi connectivity index (χ1n) is 10.8. The van der Waals surface area contributed by atoms with Gasteiger partial charge in [-0.15, -0.1) is 0 Å². The highest BCUT2D eigenvalue weighted by atomic mass is 19.1. The molecule has 0 fully saturated rings. The fourth-order valence-electron chi connectivity index (χ4n) is 4.58. The number of hydrogen-bond donors (Lipinski definition) is 2. The number of benzene rings is 3. The third kappa shape index (κ3) is 3.41. The lowest BCUT2D eigenvalue weighted by Crippen LogP contribution is -2.21. The highest BCUT2D eigenvalue weighted by Gasteiger charge is 2.32. The summed E-state index contributed by atoms with van der Waals surface area (Å²) in [6, 6.07) is 19.4. The summed E-state index contributed by atoms with van der Waals surface area (Å²) < 4.78 is 15.9. The molecule has 7 heteroatoms. The maximum Gasteiger partial charge on any atom is 0.335 e. The van der Waals surface area contributed by atoms with Crippen molar-refractivity contribution in [3.05, 3.63) is 83.9 Å². The summed E-state index contributed by atoms with van der Waals surface area (Å²) in [7, 11) is 0. The van der Waals surface area contributed by atoms with E-state index in [9.17, 15) is 19.6 Å². The lowest BCUT2D eigenvalue weighted by atomic mass is 9.81. The third-order valence-electron chi connectivity index (χ3n) is 6.19. The number of nitrogens with one attached hydrogen (secondary N) is 1. The molecule has 0 spiro atoms. The molecule has 34 heavy (non-hydrogen) atoms. The van der Waals surface area contributed by atoms with E-state index in [2.05, 4.69) is 20.8 Å². The average molecular weight is 452 g/mol. The number of carbonyl (C=O) groups is 1. The molecule has 3 aromatic carbocycles. The van der Waals surface area contributed by atoms with Gasteiger partial charge in [-0.05, 0) is 54.1 Å². The van der Waals surface area contributed by atoms with Crippen LogP contribution in [0.15, 0.2) is 66.9 Å². The second kappa shape index (κ2) is 7.85. The number of aromatic amines is 1. The van der Waals surface area contributed by atoms with Crippen molar-refractivity contribution >= 4 is 27.8 Å². The predicted molar refractivity (Wildman–Crippen MR) is 129 cm³/mol. The van der Waals surface area contributed by atoms with E-state index in [4.69, 9.17) is 0 Å². The molecule has 0 radical (unpaired) electrons. The van der Waals surface area contributed by atoms with Gasteiger partial charge < -0.3 is 9.67 Å². The highest BCUT2D eigenvalue weighted by Crippen LogP contribution is 2.45. The SMILES string of the molecule is CC(C)(CC#N)c1c(-c2ccc(C(=O)O)cc2)c2cc3[nH]ncc3cc2n1-c1ccc(F)cc1. The number of hydrogen-bond acceptors (Lipinski definition) is 3. The van der Waals surface area contributed by atoms with Crippen LogP contribution in [0.4, 0.5) is 4.39 Å². The molecule has 2 heterocycles. The second-order valence-electron chi connectivity index (χ2n) is 8.96. The Morgan fingerprint density at radius 2 is 1.85 bits per heavy atom. The molecule has 0 atom stereocenters. The third-order valence-corrected chi connectivity index (χ3v) is 6.19. The van der Waals surface area contributed by atoms with Crippen LogP contribution in [0.1, 0.15) is 36.3 Å². The molecule has 0 saturated carbocycles. The summed E-state index contributed by atoms with van der Waals surface area (Å²) in [6.07, 6.45) is 2.00. The molecular weight excluding hydrogens is 431 g/mol. The maximum atomic E-state index is 13.8. The van der Waals surface area contributed by atoms with E-state index in [0.29, 0.717) is 0 Å². The molecule has 0 bridgehead atoms. The van der Waals surface area contributed by atoms with Gasteiger partial charge in [-0.3, -0.25) is 5.10 Å². The molecule has 2 N–H and O–H groups in total. The molecule has 168 valence electrons. The van der Waals surface area contributed by atoms with Crippen LogP contribution in [0.2, 0.25) is 0 Å². The highest BCUT2D eigenvalue weighted by molar-refractivity contribution is 6.06. The summed E-state index contributed by atoms with van der Waals surface area (Å²) in [5.41, 5.74) is 4.75. The number of carboxylic acid groups (broad SMARTS) is 1. The molecule has 0 aliphatic heterocycles. The van der Waals surface area contributed by atoms with Crippen LogP contribution in [0, 0.1) is 17.1 Å². The summed E-state index contributed by atoms with van der Waals surface area (Å²) in [5.74, 6) is -1.33. The van der Waals surface area contributed by atoms with Gasteiger partial charge in [0, 0.05) is 39.6 Å². The Hall–Kier alpha value is -4.44. The number of aromatic carboxylic acids is 1. The molecule has 5 rings (SSSR count). The van der Waals surface area contributed by atoms with Crippen molar-refractivity contribution in [3.63, 3.8) is 0 Å². The Balaban J connectivity index is 1.94. The van der Waals surface area contributed by atoms with Gasteiger partial charge in [0.25, 0.3) is 0 Å². The zero-order valence-electron chi connectivity index (χ0n) is 18.6. The molecule has 0 unspecified atom stereocenters. The maximum absolute atomic E-state index is 13.8. The Morgan fingerprint density at radius 3 is 2.50 bits per heavy atom. The van der Waals surface area contributed by atoms with Gasteiger partial charge in [-0.2, -0.15) is 10.4 Å². The fourth-order valence-corrected chi connectivity index (χ4v) is 4.58. The van der Waals surface area contributed by atoms with E-state index in [1.807, 2.05) is 26.0 Å². The van der Waals surface area contributed by atoms with Gasteiger partial charge in [-0.1, -0.05) is 26.0 Å². The molecule has 0 aliphatic rings. The predicted octanol–water partition coefficient (Wildman–Crippen LogP) is 6.20. The number of aromatic nitrogens is 3. The first kappa shape index (κ1) is 21.4. The number of fused-ring (bicyclic) bond motifs is 2. The lowest BCUT2D eigenvalue weighted by Gasteiger charge is -2.26. The summed E-state index contributed by atoms with van der Waals surface area (Å²) in [5, 5.41) is 28.0. The van der Waals surface area contributed by atoms with Crippen LogP contribution in [0.25, 0.3) is 38.6 Å². The number of nitriles is 1. The summed E-state index contributed by atoms with van der Waals surface area (Å²) in [4.78, 5) is 11.4. The van der Waals surface area contributed by atoms with E-state index < -0.39 is 11.4 Å². The van der Waals surface area contributed by atoms with Crippen molar-refractivity contribution in [2.45, 2.75) is 25.7 Å². The van der Waals surface area contributed by atoms with E-state index in [-0.39, 0.29) is 17.8 Å². The van der Waals surface area contributed by atoms with E-state index in [1.165, 1.54) is 12.1 Å². The Bertz CT molecular complexity index is 1590. The molecule has 0 saturated heterocycles. The second-order valence-corrected chi connectivity index (χ2v) is 8.96. The smallest absolute Gasteiger partial charge is 0.335 e. The molecule has 6 nitrogen and oxygen atoms in total. The molecule has 0 amide bonds. The van der Waals surface area contributed by atoms with E-state index in [1.54, 1.807) is 42.6 Å². The van der Waals surface area contributed by atoms with Gasteiger partial charge in [0.2, 0.25) is 0 Å². The number of H-pyrrole nitrogens is 1. The molecule has 2 aromatic heterocycles. The van der Waals surface area contributed by atoms with Crippen molar-refractivity contribution in [2.75, 3.05) is 0 Å². The normalized spacial score (nSPS) is 11.7. The fraction of sp³-hybridized carbons (Fsp3) is 0.148. The minimum Gasteiger partial charge on any atom is -0.478 e. The first-order chi connectivity index (χ1) is 16.3. The van der Waals surface area contributed by atoms with Crippen molar-refractivity contribution in [2.24, 2.45) is 0 Å². The minimum absolute atomic E-state index is 0.194. The summed E-state index contributed by atoms with van der Waals surface area (Å²) in [6.45, 7) is 4.01. The van der Waals surface area contributed by atoms with Crippen LogP contribution in [0.5, 0.6) is 0 Å². The Labute approximate surface area is 194 Å². The molecule has 0 aliphatic carbocycles. The van der Waals surface area contributed by atoms with Gasteiger partial charge in [0.1, 0.15) is 5.82 Å². The van der Waals surface area contributed by atoms with Gasteiger partial charge >= 0.3 is 5.97 Å². The molecule has 5 aromatic rings. The lowest BCUT2D eigenvalue weighted by molar-refractivity contribution is 0.0697. The van der Waals surface area contributed by atoms with E-state index >= 15 is 0 Å². The van der Waals surface area contributed by atoms with Crippen molar-refractivity contribution < 1.29 is 14.3 Å². The monoisotopic (exact) mass is 452 g/mol. The Morgan fingerprint density at radius 1 is 1.15 bits per heavy atom. The van der Waals surface area contributed by atoms with Crippen LogP contribution < -0.4 is 0 Å². The molecular formula is C27H21FN4O2. The zero-order chi connectivity index (χ0) is 24.0. The van der Waals surface area contributed by atoms with Gasteiger partial charge in [0.05, 0.1) is 28.9 Å². The van der Waals surface area contributed by atoms with Gasteiger partial charge in [-0.25, -0.2) is 9.18 Å². The van der Waals surface area contributed by atoms with Crippen LogP contribution >= 0.6 is 0 Å². The number of nitrogens with zero attached hydrogens (tertiary/aromatic N) is 3. The van der Waals surface area contributed by atoms with Crippen molar-refractivity contribution in [3.8, 4) is 22.9 Å². The van der Waals surface area contributed by atoms with Gasteiger partial charge in [0.15, 0.2) is 0 Å². The standard InChI is InChI=1S/C27H21FN4O2/c1-27(2,11-12-29)25-24(16-3-5-17(6-4-16)26(33)34)21-14-22-18(15-30-31-22)13-23(21)32(25)20-9-7-19(28)8-10-20/h3-10,13-15H,11H2,1-2H3,(H,30,31)(H,33,34). The number of rotatable bonds is 5. The zero-order valence-corrected chi connectivity index (χ0v) is 18.6. The van der Waals surface area contributed by atoms with Crippen molar-refractivity contribution in [1.82, 2.24) is 14.8 Å². The van der Waals surface area contributed by atoms with Crippen LogP contribution in [-0.2, 0) is 5.41 Å². The summed E-state index contributed by atoms with van der Waals surface area (Å²) >= 11 is 0. The Kier molecular flexibility index (Phi) is 4.94. The van der Waals surface area contributed by atoms with Crippen LogP contribution in [0.3, 0.4) is 0 Å². The number of halogens is 1. The van der Waals surface area contributed by atoms with Crippen LogP contribution in [-0.4, -0.2) is 25.8 Å². The minimum atomic E-state index is -0.996. The first-order valence-corrected chi connectivity index (χ1v) is 10.8. The van der Waals surface area contributed by atoms with Crippen molar-refractivity contribution in [1.29, 1.82) is 5.26 Å². The quantitative estimate of drug-likeness (QED) is 0.332. The largest absolute Gasteiger partial charge is 0.478 e. The number of carboxylic acids is 1. The topological polar surface area (TPSA) is 94.7 Å². The average Bonchev–Trinajstić information content (AvgIpc) is 3.40.